The molecule has 0 saturated heterocycles. The van der Waals surface area contributed by atoms with Crippen molar-refractivity contribution in [3.63, 3.8) is 0 Å². The van der Waals surface area contributed by atoms with Crippen LogP contribution in [0.5, 0.6) is 0 Å². The van der Waals surface area contributed by atoms with E-state index in [1.165, 1.54) is 6.07 Å². The van der Waals surface area contributed by atoms with Crippen molar-refractivity contribution in [2.45, 2.75) is 20.0 Å². The first-order valence-electron chi connectivity index (χ1n) is 5.46. The second kappa shape index (κ2) is 6.65. The topological polar surface area (TPSA) is 55.1 Å². The number of hydrogen-bond acceptors (Lipinski definition) is 2. The Hall–Kier alpha value is -0.980. The lowest BCUT2D eigenvalue weighted by molar-refractivity contribution is -0.137. The van der Waals surface area contributed by atoms with E-state index in [0.29, 0.717) is 0 Å². The summed E-state index contributed by atoms with van der Waals surface area (Å²) >= 11 is 5.48. The standard InChI is InChI=1S/C12H14ClF3N2O.ClH/c1-11(2,6-17)10(19)18-7-3-4-9(13)8(5-7)12(14,15)16;/h3-5H,6,17H2,1-2H3,(H,18,19);1H. The fourth-order valence-electron chi connectivity index (χ4n) is 1.21. The number of carbonyl (C=O) groups is 1. The highest BCUT2D eigenvalue weighted by molar-refractivity contribution is 6.31. The molecule has 0 heterocycles. The molecular weight excluding hydrogens is 316 g/mol. The van der Waals surface area contributed by atoms with Gasteiger partial charge in [0, 0.05) is 12.2 Å². The second-order valence-corrected chi connectivity index (χ2v) is 5.14. The van der Waals surface area contributed by atoms with Gasteiger partial charge in [-0.2, -0.15) is 13.2 Å². The Labute approximate surface area is 126 Å². The zero-order chi connectivity index (χ0) is 14.8. The van der Waals surface area contributed by atoms with Crippen LogP contribution in [-0.4, -0.2) is 12.5 Å². The van der Waals surface area contributed by atoms with Crippen LogP contribution in [0, 0.1) is 5.41 Å². The van der Waals surface area contributed by atoms with Gasteiger partial charge in [0.05, 0.1) is 16.0 Å². The van der Waals surface area contributed by atoms with Gasteiger partial charge >= 0.3 is 6.18 Å². The molecule has 114 valence electrons. The van der Waals surface area contributed by atoms with Gasteiger partial charge in [0.25, 0.3) is 0 Å². The molecule has 0 spiro atoms. The summed E-state index contributed by atoms with van der Waals surface area (Å²) in [5.41, 5.74) is 3.60. The fourth-order valence-corrected chi connectivity index (χ4v) is 1.44. The Balaban J connectivity index is 0.00000361. The van der Waals surface area contributed by atoms with Crippen molar-refractivity contribution in [3.05, 3.63) is 28.8 Å². The molecule has 0 aliphatic carbocycles. The molecule has 1 aromatic rings. The zero-order valence-corrected chi connectivity index (χ0v) is 12.4. The Morgan fingerprint density at radius 2 is 1.90 bits per heavy atom. The number of nitrogens with two attached hydrogens (primary N) is 1. The van der Waals surface area contributed by atoms with Crippen molar-refractivity contribution in [3.8, 4) is 0 Å². The number of hydrogen-bond donors (Lipinski definition) is 2. The SMILES string of the molecule is CC(C)(CN)C(=O)Nc1ccc(Cl)c(C(F)(F)F)c1.Cl. The third kappa shape index (κ3) is 4.54. The third-order valence-corrected chi connectivity index (χ3v) is 2.98. The van der Waals surface area contributed by atoms with Gasteiger partial charge in [0.1, 0.15) is 0 Å². The number of alkyl halides is 3. The number of benzene rings is 1. The number of carbonyl (C=O) groups excluding carboxylic acids is 1. The van der Waals surface area contributed by atoms with E-state index in [1.54, 1.807) is 13.8 Å². The van der Waals surface area contributed by atoms with Gasteiger partial charge in [-0.15, -0.1) is 12.4 Å². The minimum atomic E-state index is -4.57. The molecule has 3 N–H and O–H groups in total. The van der Waals surface area contributed by atoms with Crippen molar-refractivity contribution >= 4 is 35.6 Å². The van der Waals surface area contributed by atoms with Gasteiger partial charge in [-0.05, 0) is 32.0 Å². The molecule has 3 nitrogen and oxygen atoms in total. The number of nitrogens with one attached hydrogen (secondary N) is 1. The molecule has 1 rings (SSSR count). The van der Waals surface area contributed by atoms with Crippen LogP contribution in [0.25, 0.3) is 0 Å². The Morgan fingerprint density at radius 3 is 2.35 bits per heavy atom. The molecule has 0 aromatic heterocycles. The molecule has 0 aliphatic heterocycles. The van der Waals surface area contributed by atoms with Crippen LogP contribution in [0.2, 0.25) is 5.02 Å². The highest BCUT2D eigenvalue weighted by Gasteiger charge is 2.34. The van der Waals surface area contributed by atoms with Gasteiger partial charge < -0.3 is 11.1 Å². The van der Waals surface area contributed by atoms with Crippen molar-refractivity contribution in [1.82, 2.24) is 0 Å². The summed E-state index contributed by atoms with van der Waals surface area (Å²) in [4.78, 5) is 11.8. The molecule has 0 bridgehead atoms. The maximum atomic E-state index is 12.6. The number of rotatable bonds is 3. The summed E-state index contributed by atoms with van der Waals surface area (Å²) in [5.74, 6) is -0.453. The Kier molecular flexibility index (Phi) is 6.32. The molecule has 0 saturated carbocycles. The van der Waals surface area contributed by atoms with Crippen molar-refractivity contribution in [1.29, 1.82) is 0 Å². The predicted octanol–water partition coefficient (Wildman–Crippen LogP) is 3.70. The lowest BCUT2D eigenvalue weighted by Crippen LogP contribution is -2.37. The van der Waals surface area contributed by atoms with E-state index in [9.17, 15) is 18.0 Å². The maximum Gasteiger partial charge on any atom is 0.417 e. The van der Waals surface area contributed by atoms with Gasteiger partial charge in [-0.3, -0.25) is 4.79 Å². The van der Waals surface area contributed by atoms with E-state index in [-0.39, 0.29) is 24.6 Å². The summed E-state index contributed by atoms with van der Waals surface area (Å²) in [6.45, 7) is 3.28. The summed E-state index contributed by atoms with van der Waals surface area (Å²) < 4.78 is 37.9. The highest BCUT2D eigenvalue weighted by Crippen LogP contribution is 2.36. The van der Waals surface area contributed by atoms with Crippen molar-refractivity contribution in [2.24, 2.45) is 11.1 Å². The molecule has 8 heteroatoms. The van der Waals surface area contributed by atoms with Crippen LogP contribution in [0.4, 0.5) is 18.9 Å². The normalized spacial score (nSPS) is 11.8. The molecule has 1 aromatic carbocycles. The van der Waals surface area contributed by atoms with Crippen LogP contribution >= 0.6 is 24.0 Å². The number of amides is 1. The van der Waals surface area contributed by atoms with Gasteiger partial charge in [0.15, 0.2) is 0 Å². The average molecular weight is 331 g/mol. The average Bonchev–Trinajstić information content (AvgIpc) is 2.30. The minimum absolute atomic E-state index is 0. The van der Waals surface area contributed by atoms with E-state index in [4.69, 9.17) is 17.3 Å². The van der Waals surface area contributed by atoms with Crippen molar-refractivity contribution < 1.29 is 18.0 Å². The van der Waals surface area contributed by atoms with E-state index in [1.807, 2.05) is 0 Å². The molecule has 0 aliphatic rings. The minimum Gasteiger partial charge on any atom is -0.329 e. The molecule has 1 amide bonds. The monoisotopic (exact) mass is 330 g/mol. The molecule has 20 heavy (non-hydrogen) atoms. The predicted molar refractivity (Wildman–Crippen MR) is 75.2 cm³/mol. The lowest BCUT2D eigenvalue weighted by atomic mass is 9.92. The smallest absolute Gasteiger partial charge is 0.329 e. The van der Waals surface area contributed by atoms with Crippen LogP contribution in [0.3, 0.4) is 0 Å². The molecule has 0 radical (unpaired) electrons. The first-order chi connectivity index (χ1) is 8.58. The first kappa shape index (κ1) is 19.0. The molecular formula is C12H15Cl2F3N2O. The Morgan fingerprint density at radius 1 is 1.35 bits per heavy atom. The third-order valence-electron chi connectivity index (χ3n) is 2.65. The van der Waals surface area contributed by atoms with E-state index in [0.717, 1.165) is 12.1 Å². The van der Waals surface area contributed by atoms with E-state index in [2.05, 4.69) is 5.32 Å². The number of halogens is 5. The summed E-state index contributed by atoms with van der Waals surface area (Å²) in [6.07, 6.45) is -4.57. The molecule has 0 unspecified atom stereocenters. The fraction of sp³-hybridized carbons (Fsp3) is 0.417. The quantitative estimate of drug-likeness (QED) is 0.887. The van der Waals surface area contributed by atoms with Crippen molar-refractivity contribution in [2.75, 3.05) is 11.9 Å². The van der Waals surface area contributed by atoms with E-state index < -0.39 is 28.1 Å². The Bertz CT molecular complexity index is 490. The second-order valence-electron chi connectivity index (χ2n) is 4.73. The van der Waals surface area contributed by atoms with Crippen LogP contribution in [-0.2, 0) is 11.0 Å². The summed E-state index contributed by atoms with van der Waals surface area (Å²) in [6, 6.07) is 3.20. The van der Waals surface area contributed by atoms with Crippen LogP contribution in [0.1, 0.15) is 19.4 Å². The van der Waals surface area contributed by atoms with E-state index >= 15 is 0 Å². The van der Waals surface area contributed by atoms with Gasteiger partial charge in [-0.1, -0.05) is 11.6 Å². The van der Waals surface area contributed by atoms with Gasteiger partial charge in [0.2, 0.25) is 5.91 Å². The first-order valence-corrected chi connectivity index (χ1v) is 5.84. The van der Waals surface area contributed by atoms with Crippen LogP contribution < -0.4 is 11.1 Å². The largest absolute Gasteiger partial charge is 0.417 e. The molecule has 0 fully saturated rings. The summed E-state index contributed by atoms with van der Waals surface area (Å²) in [5, 5.41) is 1.98. The number of anilines is 1. The highest BCUT2D eigenvalue weighted by atomic mass is 35.5. The van der Waals surface area contributed by atoms with Gasteiger partial charge in [-0.25, -0.2) is 0 Å². The lowest BCUT2D eigenvalue weighted by Gasteiger charge is -2.21. The summed E-state index contributed by atoms with van der Waals surface area (Å²) in [7, 11) is 0. The maximum absolute atomic E-state index is 12.6. The molecule has 0 atom stereocenters. The van der Waals surface area contributed by atoms with Crippen LogP contribution in [0.15, 0.2) is 18.2 Å². The zero-order valence-electron chi connectivity index (χ0n) is 10.8.